The summed E-state index contributed by atoms with van der Waals surface area (Å²) in [5.74, 6) is 0.865. The molecule has 21 heavy (non-hydrogen) atoms. The van der Waals surface area contributed by atoms with Crippen molar-refractivity contribution in [1.82, 2.24) is 15.6 Å². The van der Waals surface area contributed by atoms with Gasteiger partial charge in [-0.3, -0.25) is 5.43 Å². The molecule has 0 unspecified atom stereocenters. The highest BCUT2D eigenvalue weighted by atomic mass is 35.5. The summed E-state index contributed by atoms with van der Waals surface area (Å²) in [4.78, 5) is 12.7. The summed E-state index contributed by atoms with van der Waals surface area (Å²) in [6, 6.07) is 3.27. The molecular weight excluding hydrogens is 302 g/mol. The number of rotatable bonds is 8. The summed E-state index contributed by atoms with van der Waals surface area (Å²) < 4.78 is 4.66. The van der Waals surface area contributed by atoms with Crippen molar-refractivity contribution in [2.24, 2.45) is 0 Å². The van der Waals surface area contributed by atoms with E-state index >= 15 is 0 Å². The summed E-state index contributed by atoms with van der Waals surface area (Å²) in [7, 11) is 0. The van der Waals surface area contributed by atoms with Crippen LogP contribution in [0.25, 0.3) is 0 Å². The van der Waals surface area contributed by atoms with Crippen LogP contribution in [0.15, 0.2) is 12.1 Å². The fourth-order valence-corrected chi connectivity index (χ4v) is 1.43. The molecular formula is C11H20ClN5O4. The number of aromatic nitrogens is 2. The smallest absolute Gasteiger partial charge is 0.425 e. The molecule has 0 saturated heterocycles. The third kappa shape index (κ3) is 6.93. The summed E-state index contributed by atoms with van der Waals surface area (Å²) in [5.41, 5.74) is 4.84. The van der Waals surface area contributed by atoms with Gasteiger partial charge in [0.15, 0.2) is 11.6 Å². The van der Waals surface area contributed by atoms with Crippen LogP contribution in [0.2, 0.25) is 0 Å². The van der Waals surface area contributed by atoms with Crippen molar-refractivity contribution in [3.05, 3.63) is 12.1 Å². The highest BCUT2D eigenvalue weighted by Gasteiger charge is 2.08. The van der Waals surface area contributed by atoms with Gasteiger partial charge < -0.3 is 19.8 Å². The number of hydrogen-bond donors (Lipinski definition) is 4. The average Bonchev–Trinajstić information content (AvgIpc) is 2.46. The fraction of sp³-hybridized carbons (Fsp3) is 0.545. The molecule has 0 fully saturated rings. The maximum Gasteiger partial charge on any atom is 0.425 e. The Kier molecular flexibility index (Phi) is 9.94. The second-order valence-corrected chi connectivity index (χ2v) is 3.68. The number of aliphatic hydroxyl groups is 2. The first kappa shape index (κ1) is 19.2. The molecule has 0 aliphatic carbocycles. The SMILES string of the molecule is CCOC(=O)NNc1ccc(N(CCO)CCO)nn1.Cl. The van der Waals surface area contributed by atoms with Crippen LogP contribution in [0, 0.1) is 0 Å². The molecule has 0 aliphatic heterocycles. The van der Waals surface area contributed by atoms with Crippen molar-refractivity contribution in [3.63, 3.8) is 0 Å². The van der Waals surface area contributed by atoms with Crippen LogP contribution >= 0.6 is 12.4 Å². The van der Waals surface area contributed by atoms with Crippen molar-refractivity contribution in [2.45, 2.75) is 6.92 Å². The van der Waals surface area contributed by atoms with E-state index < -0.39 is 6.09 Å². The molecule has 0 radical (unpaired) electrons. The number of halogens is 1. The highest BCUT2D eigenvalue weighted by Crippen LogP contribution is 2.10. The van der Waals surface area contributed by atoms with Crippen LogP contribution in [0.3, 0.4) is 0 Å². The lowest BCUT2D eigenvalue weighted by atomic mass is 10.4. The zero-order valence-corrected chi connectivity index (χ0v) is 12.5. The van der Waals surface area contributed by atoms with Crippen LogP contribution in [-0.4, -0.2) is 59.4 Å². The molecule has 1 rings (SSSR count). The topological polar surface area (TPSA) is 120 Å². The molecule has 0 aliphatic rings. The standard InChI is InChI=1S/C11H19N5O4.ClH/c1-2-20-11(19)15-13-9-3-4-10(14-12-9)16(5-7-17)6-8-18;/h3-4,17-18H,2,5-8H2,1H3,(H,12,13)(H,15,19);1H. The Morgan fingerprint density at radius 3 is 2.43 bits per heavy atom. The molecule has 1 amide bonds. The van der Waals surface area contributed by atoms with Crippen molar-refractivity contribution >= 4 is 30.1 Å². The number of anilines is 2. The molecule has 0 spiro atoms. The predicted molar refractivity (Wildman–Crippen MR) is 79.4 cm³/mol. The van der Waals surface area contributed by atoms with Gasteiger partial charge in [0.2, 0.25) is 0 Å². The van der Waals surface area contributed by atoms with Gasteiger partial charge in [0.25, 0.3) is 0 Å². The van der Waals surface area contributed by atoms with Crippen LogP contribution < -0.4 is 15.8 Å². The van der Waals surface area contributed by atoms with Gasteiger partial charge >= 0.3 is 6.09 Å². The molecule has 0 bridgehead atoms. The van der Waals surface area contributed by atoms with E-state index in [1.165, 1.54) is 0 Å². The summed E-state index contributed by atoms with van der Waals surface area (Å²) in [6.45, 7) is 2.57. The summed E-state index contributed by atoms with van der Waals surface area (Å²) in [6.07, 6.45) is -0.611. The molecule has 1 aromatic rings. The Hall–Kier alpha value is -1.84. The zero-order valence-electron chi connectivity index (χ0n) is 11.7. The zero-order chi connectivity index (χ0) is 14.8. The lowest BCUT2D eigenvalue weighted by Gasteiger charge is -2.21. The molecule has 4 N–H and O–H groups in total. The first-order chi connectivity index (χ1) is 9.71. The normalized spacial score (nSPS) is 9.48. The van der Waals surface area contributed by atoms with E-state index in [4.69, 9.17) is 10.2 Å². The fourth-order valence-electron chi connectivity index (χ4n) is 1.43. The van der Waals surface area contributed by atoms with Gasteiger partial charge in [-0.2, -0.15) is 0 Å². The monoisotopic (exact) mass is 321 g/mol. The second-order valence-electron chi connectivity index (χ2n) is 3.68. The molecule has 120 valence electrons. The lowest BCUT2D eigenvalue weighted by molar-refractivity contribution is 0.154. The number of hydrazine groups is 1. The Balaban J connectivity index is 0.00000400. The van der Waals surface area contributed by atoms with E-state index in [1.54, 1.807) is 24.0 Å². The van der Waals surface area contributed by atoms with Crippen LogP contribution in [0.1, 0.15) is 6.92 Å². The molecule has 1 heterocycles. The van der Waals surface area contributed by atoms with Gasteiger partial charge in [-0.25, -0.2) is 10.2 Å². The number of ether oxygens (including phenoxy) is 1. The third-order valence-corrected chi connectivity index (χ3v) is 2.28. The minimum Gasteiger partial charge on any atom is -0.449 e. The molecule has 10 heteroatoms. The van der Waals surface area contributed by atoms with Gasteiger partial charge in [0.05, 0.1) is 19.8 Å². The number of amides is 1. The van der Waals surface area contributed by atoms with Crippen molar-refractivity contribution in [3.8, 4) is 0 Å². The van der Waals surface area contributed by atoms with Crippen molar-refractivity contribution in [2.75, 3.05) is 43.2 Å². The molecule has 1 aromatic heterocycles. The molecule has 0 aromatic carbocycles. The van der Waals surface area contributed by atoms with E-state index in [0.717, 1.165) is 0 Å². The van der Waals surface area contributed by atoms with Gasteiger partial charge in [0.1, 0.15) is 0 Å². The Morgan fingerprint density at radius 2 is 1.95 bits per heavy atom. The van der Waals surface area contributed by atoms with Crippen LogP contribution in [-0.2, 0) is 4.74 Å². The maximum atomic E-state index is 11.1. The van der Waals surface area contributed by atoms with E-state index in [0.29, 0.717) is 24.7 Å². The third-order valence-electron chi connectivity index (χ3n) is 2.28. The number of aliphatic hydroxyl groups excluding tert-OH is 2. The first-order valence-electron chi connectivity index (χ1n) is 6.20. The van der Waals surface area contributed by atoms with Gasteiger partial charge in [-0.1, -0.05) is 0 Å². The maximum absolute atomic E-state index is 11.1. The number of carbonyl (C=O) groups is 1. The van der Waals surface area contributed by atoms with E-state index in [1.807, 2.05) is 0 Å². The Bertz CT molecular complexity index is 400. The van der Waals surface area contributed by atoms with Gasteiger partial charge in [0, 0.05) is 13.1 Å². The van der Waals surface area contributed by atoms with Crippen molar-refractivity contribution in [1.29, 1.82) is 0 Å². The van der Waals surface area contributed by atoms with Crippen molar-refractivity contribution < 1.29 is 19.7 Å². The van der Waals surface area contributed by atoms with Crippen LogP contribution in [0.5, 0.6) is 0 Å². The molecule has 0 saturated carbocycles. The number of nitrogens with one attached hydrogen (secondary N) is 2. The second kappa shape index (κ2) is 10.9. The lowest BCUT2D eigenvalue weighted by Crippen LogP contribution is -2.32. The highest BCUT2D eigenvalue weighted by molar-refractivity contribution is 5.85. The Morgan fingerprint density at radius 1 is 1.29 bits per heavy atom. The summed E-state index contributed by atoms with van der Waals surface area (Å²) >= 11 is 0. The minimum atomic E-state index is -0.611. The number of carbonyl (C=O) groups excluding carboxylic acids is 1. The predicted octanol–water partition coefficient (Wildman–Crippen LogP) is -0.238. The Labute approximate surface area is 128 Å². The quantitative estimate of drug-likeness (QED) is 0.484. The number of nitrogens with zero attached hydrogens (tertiary/aromatic N) is 3. The first-order valence-corrected chi connectivity index (χ1v) is 6.20. The largest absolute Gasteiger partial charge is 0.449 e. The molecule has 9 nitrogen and oxygen atoms in total. The van der Waals surface area contributed by atoms with Gasteiger partial charge in [-0.15, -0.1) is 22.6 Å². The number of hydrogen-bond acceptors (Lipinski definition) is 8. The summed E-state index contributed by atoms with van der Waals surface area (Å²) in [5, 5.41) is 25.7. The van der Waals surface area contributed by atoms with E-state index in [-0.39, 0.29) is 32.2 Å². The minimum absolute atomic E-state index is 0. The van der Waals surface area contributed by atoms with Gasteiger partial charge in [-0.05, 0) is 19.1 Å². The van der Waals surface area contributed by atoms with Crippen LogP contribution in [0.4, 0.5) is 16.4 Å². The molecule has 0 atom stereocenters. The average molecular weight is 322 g/mol. The van der Waals surface area contributed by atoms with E-state index in [2.05, 4.69) is 25.8 Å². The van der Waals surface area contributed by atoms with E-state index in [9.17, 15) is 4.79 Å².